The van der Waals surface area contributed by atoms with Crippen LogP contribution in [0.25, 0.3) is 0 Å². The van der Waals surface area contributed by atoms with Crippen molar-refractivity contribution in [2.45, 2.75) is 31.7 Å². The molecule has 0 radical (unpaired) electrons. The van der Waals surface area contributed by atoms with E-state index in [1.807, 2.05) is 0 Å². The minimum Gasteiger partial charge on any atom is -0.355 e. The molecule has 1 aliphatic carbocycles. The lowest BCUT2D eigenvalue weighted by molar-refractivity contribution is -0.122. The number of rotatable bonds is 4. The fraction of sp³-hybridized carbons (Fsp3) is 0.909. The quantitative estimate of drug-likeness (QED) is 0.754. The van der Waals surface area contributed by atoms with Crippen molar-refractivity contribution in [2.75, 3.05) is 26.2 Å². The number of halogens is 1. The van der Waals surface area contributed by atoms with Crippen molar-refractivity contribution < 1.29 is 4.79 Å². The minimum atomic E-state index is 0. The summed E-state index contributed by atoms with van der Waals surface area (Å²) in [4.78, 5) is 13.7. The van der Waals surface area contributed by atoms with E-state index in [0.29, 0.717) is 6.54 Å². The van der Waals surface area contributed by atoms with Gasteiger partial charge in [0.15, 0.2) is 0 Å². The molecule has 0 bridgehead atoms. The van der Waals surface area contributed by atoms with Gasteiger partial charge in [-0.05, 0) is 25.2 Å². The number of hydrogen-bond donors (Lipinski definition) is 2. The van der Waals surface area contributed by atoms with E-state index in [0.717, 1.165) is 32.0 Å². The number of nitrogens with two attached hydrogens (primary N) is 1. The molecule has 2 rings (SSSR count). The standard InChI is InChI=1S/C11H21N3O.ClH/c12-10-4-5-14(7-10)8-11(15)13-6-9-2-1-3-9;/h9-10H,1-8,12H2,(H,13,15);1H/t10-;/m1./s1. The van der Waals surface area contributed by atoms with Crippen molar-refractivity contribution in [3.63, 3.8) is 0 Å². The average Bonchev–Trinajstić information content (AvgIpc) is 2.48. The third-order valence-electron chi connectivity index (χ3n) is 3.49. The van der Waals surface area contributed by atoms with E-state index in [4.69, 9.17) is 5.73 Å². The average molecular weight is 248 g/mol. The first-order chi connectivity index (χ1) is 7.24. The summed E-state index contributed by atoms with van der Waals surface area (Å²) >= 11 is 0. The van der Waals surface area contributed by atoms with Gasteiger partial charge in [0.25, 0.3) is 0 Å². The molecule has 0 aromatic heterocycles. The van der Waals surface area contributed by atoms with Crippen LogP contribution >= 0.6 is 12.4 Å². The van der Waals surface area contributed by atoms with Gasteiger partial charge in [0.2, 0.25) is 5.91 Å². The summed E-state index contributed by atoms with van der Waals surface area (Å²) < 4.78 is 0. The summed E-state index contributed by atoms with van der Waals surface area (Å²) in [5.74, 6) is 0.908. The van der Waals surface area contributed by atoms with Crippen molar-refractivity contribution in [1.82, 2.24) is 10.2 Å². The molecule has 1 saturated carbocycles. The Morgan fingerprint density at radius 3 is 2.62 bits per heavy atom. The molecule has 1 amide bonds. The number of carbonyl (C=O) groups is 1. The molecule has 1 atom stereocenters. The molecule has 1 saturated heterocycles. The van der Waals surface area contributed by atoms with Crippen molar-refractivity contribution in [2.24, 2.45) is 11.7 Å². The Balaban J connectivity index is 0.00000128. The van der Waals surface area contributed by atoms with Gasteiger partial charge in [-0.2, -0.15) is 0 Å². The Kier molecular flexibility index (Phi) is 5.52. The monoisotopic (exact) mass is 247 g/mol. The lowest BCUT2D eigenvalue weighted by Gasteiger charge is -2.25. The summed E-state index contributed by atoms with van der Waals surface area (Å²) in [6.07, 6.45) is 4.93. The first-order valence-corrected chi connectivity index (χ1v) is 5.98. The van der Waals surface area contributed by atoms with Crippen LogP contribution in [0.3, 0.4) is 0 Å². The maximum atomic E-state index is 11.6. The van der Waals surface area contributed by atoms with E-state index in [-0.39, 0.29) is 24.4 Å². The number of hydrogen-bond acceptors (Lipinski definition) is 3. The Morgan fingerprint density at radius 1 is 1.38 bits per heavy atom. The van der Waals surface area contributed by atoms with Crippen LogP contribution in [-0.2, 0) is 4.79 Å². The van der Waals surface area contributed by atoms with Crippen LogP contribution in [0.15, 0.2) is 0 Å². The zero-order chi connectivity index (χ0) is 10.7. The maximum Gasteiger partial charge on any atom is 0.234 e. The fourth-order valence-electron chi connectivity index (χ4n) is 2.22. The predicted octanol–water partition coefficient (Wildman–Crippen LogP) is 0.357. The Morgan fingerprint density at radius 2 is 2.12 bits per heavy atom. The van der Waals surface area contributed by atoms with E-state index in [1.54, 1.807) is 0 Å². The molecule has 4 nitrogen and oxygen atoms in total. The van der Waals surface area contributed by atoms with Gasteiger partial charge in [-0.25, -0.2) is 0 Å². The van der Waals surface area contributed by atoms with Crippen LogP contribution in [0.1, 0.15) is 25.7 Å². The van der Waals surface area contributed by atoms with Crippen LogP contribution in [0.4, 0.5) is 0 Å². The predicted molar refractivity (Wildman–Crippen MR) is 66.6 cm³/mol. The molecule has 0 aromatic carbocycles. The van der Waals surface area contributed by atoms with E-state index >= 15 is 0 Å². The van der Waals surface area contributed by atoms with Crippen molar-refractivity contribution in [3.05, 3.63) is 0 Å². The molecule has 0 unspecified atom stereocenters. The Bertz CT molecular complexity index is 233. The van der Waals surface area contributed by atoms with Gasteiger partial charge < -0.3 is 11.1 Å². The summed E-state index contributed by atoms with van der Waals surface area (Å²) in [5.41, 5.74) is 5.78. The third-order valence-corrected chi connectivity index (χ3v) is 3.49. The summed E-state index contributed by atoms with van der Waals surface area (Å²) in [6.45, 7) is 3.24. The molecule has 5 heteroatoms. The molecule has 2 aliphatic rings. The van der Waals surface area contributed by atoms with Crippen LogP contribution in [0.5, 0.6) is 0 Å². The van der Waals surface area contributed by atoms with Gasteiger partial charge in [0.1, 0.15) is 0 Å². The van der Waals surface area contributed by atoms with E-state index in [2.05, 4.69) is 10.2 Å². The van der Waals surface area contributed by atoms with Gasteiger partial charge in [-0.3, -0.25) is 9.69 Å². The molecular weight excluding hydrogens is 226 g/mol. The smallest absolute Gasteiger partial charge is 0.234 e. The SMILES string of the molecule is Cl.N[C@@H]1CCN(CC(=O)NCC2CCC2)C1. The molecule has 1 heterocycles. The molecule has 2 fully saturated rings. The zero-order valence-corrected chi connectivity index (χ0v) is 10.5. The second-order valence-corrected chi connectivity index (χ2v) is 4.88. The number of carbonyl (C=O) groups excluding carboxylic acids is 1. The van der Waals surface area contributed by atoms with Crippen LogP contribution in [0.2, 0.25) is 0 Å². The van der Waals surface area contributed by atoms with E-state index in [9.17, 15) is 4.79 Å². The van der Waals surface area contributed by atoms with Crippen molar-refractivity contribution in [1.29, 1.82) is 0 Å². The second kappa shape index (κ2) is 6.42. The summed E-state index contributed by atoms with van der Waals surface area (Å²) in [5, 5.41) is 3.00. The topological polar surface area (TPSA) is 58.4 Å². The van der Waals surface area contributed by atoms with Crippen LogP contribution in [0, 0.1) is 5.92 Å². The maximum absolute atomic E-state index is 11.6. The highest BCUT2D eigenvalue weighted by Crippen LogP contribution is 2.25. The van der Waals surface area contributed by atoms with Crippen molar-refractivity contribution in [3.8, 4) is 0 Å². The van der Waals surface area contributed by atoms with Crippen molar-refractivity contribution >= 4 is 18.3 Å². The first-order valence-electron chi connectivity index (χ1n) is 5.98. The zero-order valence-electron chi connectivity index (χ0n) is 9.65. The molecule has 16 heavy (non-hydrogen) atoms. The highest BCUT2D eigenvalue weighted by molar-refractivity contribution is 5.85. The molecule has 1 aliphatic heterocycles. The highest BCUT2D eigenvalue weighted by atomic mass is 35.5. The fourth-order valence-corrected chi connectivity index (χ4v) is 2.22. The van der Waals surface area contributed by atoms with Crippen LogP contribution < -0.4 is 11.1 Å². The summed E-state index contributed by atoms with van der Waals surface area (Å²) in [6, 6.07) is 0.268. The molecule has 0 spiro atoms. The van der Waals surface area contributed by atoms with Gasteiger partial charge in [-0.15, -0.1) is 12.4 Å². The van der Waals surface area contributed by atoms with Gasteiger partial charge in [0.05, 0.1) is 6.54 Å². The Hall–Kier alpha value is -0.320. The molecule has 94 valence electrons. The second-order valence-electron chi connectivity index (χ2n) is 4.88. The number of nitrogens with zero attached hydrogens (tertiary/aromatic N) is 1. The van der Waals surface area contributed by atoms with E-state index < -0.39 is 0 Å². The number of amides is 1. The van der Waals surface area contributed by atoms with Gasteiger partial charge >= 0.3 is 0 Å². The van der Waals surface area contributed by atoms with Gasteiger partial charge in [0, 0.05) is 25.7 Å². The first kappa shape index (κ1) is 13.7. The highest BCUT2D eigenvalue weighted by Gasteiger charge is 2.22. The van der Waals surface area contributed by atoms with E-state index in [1.165, 1.54) is 19.3 Å². The third kappa shape index (κ3) is 3.92. The van der Waals surface area contributed by atoms with Gasteiger partial charge in [-0.1, -0.05) is 6.42 Å². The number of likely N-dealkylation sites (tertiary alicyclic amines) is 1. The minimum absolute atomic E-state index is 0. The van der Waals surface area contributed by atoms with Crippen LogP contribution in [-0.4, -0.2) is 43.0 Å². The lowest BCUT2D eigenvalue weighted by Crippen LogP contribution is -2.40. The largest absolute Gasteiger partial charge is 0.355 e. The Labute approximate surface area is 103 Å². The summed E-state index contributed by atoms with van der Waals surface area (Å²) in [7, 11) is 0. The normalized spacial score (nSPS) is 25.9. The number of nitrogens with one attached hydrogen (secondary N) is 1. The molecule has 0 aromatic rings. The molecule has 3 N–H and O–H groups in total. The molecular formula is C11H22ClN3O. The lowest BCUT2D eigenvalue weighted by atomic mass is 9.85.